The molecular weight excluding hydrogens is 332 g/mol. The Morgan fingerprint density at radius 3 is 2.16 bits per heavy atom. The number of allylic oxidation sites excluding steroid dienone is 1. The van der Waals surface area contributed by atoms with Crippen LogP contribution in [-0.2, 0) is 4.79 Å². The van der Waals surface area contributed by atoms with Crippen molar-refractivity contribution in [2.45, 2.75) is 47.1 Å². The van der Waals surface area contributed by atoms with E-state index in [4.69, 9.17) is 5.11 Å². The molecule has 0 aliphatic carbocycles. The normalized spacial score (nSPS) is 11.9. The Morgan fingerprint density at radius 1 is 1.28 bits per heavy atom. The number of aliphatic imine (C=N–C) groups is 1. The van der Waals surface area contributed by atoms with Gasteiger partial charge in [-0.15, -0.1) is 11.8 Å². The van der Waals surface area contributed by atoms with E-state index in [1.165, 1.54) is 0 Å². The van der Waals surface area contributed by atoms with E-state index in [0.717, 1.165) is 41.7 Å². The van der Waals surface area contributed by atoms with Crippen LogP contribution in [0.2, 0.25) is 0 Å². The van der Waals surface area contributed by atoms with Crippen molar-refractivity contribution < 1.29 is 9.90 Å². The summed E-state index contributed by atoms with van der Waals surface area (Å²) in [7, 11) is 1.00. The number of amides is 1. The van der Waals surface area contributed by atoms with E-state index < -0.39 is 0 Å². The van der Waals surface area contributed by atoms with Gasteiger partial charge in [0.15, 0.2) is 0 Å². The quantitative estimate of drug-likeness (QED) is 0.508. The highest BCUT2D eigenvalue weighted by Gasteiger charge is 2.13. The van der Waals surface area contributed by atoms with Crippen LogP contribution in [0.4, 0.5) is 0 Å². The summed E-state index contributed by atoms with van der Waals surface area (Å²) in [5.74, 6) is 0.524. The summed E-state index contributed by atoms with van der Waals surface area (Å²) < 4.78 is 0. The highest BCUT2D eigenvalue weighted by molar-refractivity contribution is 8.07. The molecule has 0 bridgehead atoms. The van der Waals surface area contributed by atoms with Gasteiger partial charge < -0.3 is 10.4 Å². The molecule has 0 fully saturated rings. The van der Waals surface area contributed by atoms with Crippen LogP contribution in [0.3, 0.4) is 0 Å². The van der Waals surface area contributed by atoms with Crippen molar-refractivity contribution in [2.24, 2.45) is 10.9 Å². The predicted molar refractivity (Wildman–Crippen MR) is 113 cm³/mol. The zero-order valence-electron chi connectivity index (χ0n) is 16.7. The number of carbonyl (C=O) groups is 1. The lowest BCUT2D eigenvalue weighted by Gasteiger charge is -2.19. The molecule has 0 aromatic heterocycles. The van der Waals surface area contributed by atoms with Crippen molar-refractivity contribution in [1.29, 1.82) is 0 Å². The molecule has 0 saturated carbocycles. The number of aliphatic hydroxyl groups excluding tert-OH is 1. The Labute approximate surface area is 157 Å². The van der Waals surface area contributed by atoms with Gasteiger partial charge in [-0.05, 0) is 43.4 Å². The first-order valence-electron chi connectivity index (χ1n) is 8.49. The molecular formula is C20H34N2O2S. The monoisotopic (exact) mass is 366 g/mol. The summed E-state index contributed by atoms with van der Waals surface area (Å²) in [5.41, 5.74) is 3.19. The fraction of sp³-hybridized carbons (Fsp3) is 0.500. The highest BCUT2D eigenvalue weighted by Crippen LogP contribution is 2.30. The Kier molecular flexibility index (Phi) is 16.3. The first-order chi connectivity index (χ1) is 12.0. The second kappa shape index (κ2) is 15.9. The molecule has 25 heavy (non-hydrogen) atoms. The summed E-state index contributed by atoms with van der Waals surface area (Å²) in [6.45, 7) is 13.9. The lowest BCUT2D eigenvalue weighted by atomic mass is 9.96. The minimum absolute atomic E-state index is 0.0666. The third kappa shape index (κ3) is 9.46. The van der Waals surface area contributed by atoms with Crippen LogP contribution < -0.4 is 5.32 Å². The molecule has 0 aliphatic heterocycles. The van der Waals surface area contributed by atoms with Crippen molar-refractivity contribution in [3.63, 3.8) is 0 Å². The number of benzene rings is 1. The third-order valence-electron chi connectivity index (χ3n) is 3.32. The maximum atomic E-state index is 10.8. The molecule has 0 heterocycles. The predicted octanol–water partition coefficient (Wildman–Crippen LogP) is 4.91. The molecule has 0 radical (unpaired) electrons. The van der Waals surface area contributed by atoms with Crippen LogP contribution in [0.25, 0.3) is 4.91 Å². The number of carbonyl (C=O) groups excluding carboxylic acids is 1. The van der Waals surface area contributed by atoms with Gasteiger partial charge in [-0.25, -0.2) is 0 Å². The zero-order chi connectivity index (χ0) is 19.8. The van der Waals surface area contributed by atoms with Gasteiger partial charge in [-0.2, -0.15) is 0 Å². The van der Waals surface area contributed by atoms with Crippen molar-refractivity contribution in [3.05, 3.63) is 41.1 Å². The molecule has 2 N–H and O–H groups in total. The van der Waals surface area contributed by atoms with Gasteiger partial charge in [0.25, 0.3) is 0 Å². The van der Waals surface area contributed by atoms with Gasteiger partial charge in [0.05, 0.1) is 11.7 Å². The van der Waals surface area contributed by atoms with E-state index in [1.807, 2.05) is 27.0 Å². The van der Waals surface area contributed by atoms with Crippen molar-refractivity contribution in [3.8, 4) is 0 Å². The maximum absolute atomic E-state index is 10.8. The molecule has 1 aromatic rings. The lowest BCUT2D eigenvalue weighted by Crippen LogP contribution is -2.21. The van der Waals surface area contributed by atoms with Crippen LogP contribution >= 0.6 is 11.8 Å². The van der Waals surface area contributed by atoms with E-state index in [1.54, 1.807) is 11.8 Å². The fourth-order valence-corrected chi connectivity index (χ4v) is 3.00. The molecule has 1 aromatic carbocycles. The average molecular weight is 367 g/mol. The van der Waals surface area contributed by atoms with E-state index >= 15 is 0 Å². The molecule has 142 valence electrons. The first kappa shape index (κ1) is 25.6. The van der Waals surface area contributed by atoms with Crippen LogP contribution in [0, 0.1) is 5.92 Å². The van der Waals surface area contributed by atoms with Gasteiger partial charge in [-0.3, -0.25) is 9.79 Å². The van der Waals surface area contributed by atoms with E-state index in [2.05, 4.69) is 55.1 Å². The Balaban J connectivity index is 0. The lowest BCUT2D eigenvalue weighted by molar-refractivity contribution is -0.110. The second-order valence-electron chi connectivity index (χ2n) is 5.37. The SMILES string of the molecule is C=N/C(C)=C(\SC)c1ccc(C(CC(C)C)NC=O)cc1.CC.CO. The molecule has 0 saturated heterocycles. The summed E-state index contributed by atoms with van der Waals surface area (Å²) in [4.78, 5) is 15.9. The Morgan fingerprint density at radius 2 is 1.80 bits per heavy atom. The smallest absolute Gasteiger partial charge is 0.207 e. The largest absolute Gasteiger partial charge is 0.400 e. The standard InChI is InChI=1S/C17H24N2OS.C2H6.CH4O/c1-12(2)10-16(19-11-20)14-6-8-15(9-7-14)17(21-5)13(3)18-4;2*1-2/h6-9,11-12,16H,4,10H2,1-3,5H3,(H,19,20);1-2H3;2H,1H3/b17-13-;;. The summed E-state index contributed by atoms with van der Waals surface area (Å²) in [6, 6.07) is 8.37. The molecule has 4 nitrogen and oxygen atoms in total. The first-order valence-corrected chi connectivity index (χ1v) is 9.72. The van der Waals surface area contributed by atoms with E-state index in [9.17, 15) is 4.79 Å². The summed E-state index contributed by atoms with van der Waals surface area (Å²) >= 11 is 1.66. The minimum atomic E-state index is 0.0666. The van der Waals surface area contributed by atoms with Gasteiger partial charge in [0.1, 0.15) is 0 Å². The zero-order valence-corrected chi connectivity index (χ0v) is 17.5. The molecule has 1 unspecified atom stereocenters. The second-order valence-corrected chi connectivity index (χ2v) is 6.18. The topological polar surface area (TPSA) is 61.7 Å². The average Bonchev–Trinajstić information content (AvgIpc) is 2.65. The van der Waals surface area contributed by atoms with Crippen LogP contribution in [0.1, 0.15) is 58.2 Å². The van der Waals surface area contributed by atoms with Gasteiger partial charge in [0.2, 0.25) is 6.41 Å². The number of hydrogen-bond acceptors (Lipinski definition) is 4. The van der Waals surface area contributed by atoms with E-state index in [-0.39, 0.29) is 6.04 Å². The molecule has 1 atom stereocenters. The van der Waals surface area contributed by atoms with Crippen LogP contribution in [0.5, 0.6) is 0 Å². The molecule has 1 amide bonds. The molecule has 1 rings (SSSR count). The summed E-state index contributed by atoms with van der Waals surface area (Å²) in [5, 5.41) is 9.90. The third-order valence-corrected chi connectivity index (χ3v) is 4.26. The minimum Gasteiger partial charge on any atom is -0.400 e. The number of aliphatic hydroxyl groups is 1. The van der Waals surface area contributed by atoms with Gasteiger partial charge in [-0.1, -0.05) is 52.0 Å². The number of thioether (sulfide) groups is 1. The number of rotatable bonds is 8. The van der Waals surface area contributed by atoms with Crippen molar-refractivity contribution in [2.75, 3.05) is 13.4 Å². The molecule has 0 spiro atoms. The van der Waals surface area contributed by atoms with Crippen LogP contribution in [0.15, 0.2) is 35.0 Å². The highest BCUT2D eigenvalue weighted by atomic mass is 32.2. The fourth-order valence-electron chi connectivity index (χ4n) is 2.27. The molecule has 5 heteroatoms. The van der Waals surface area contributed by atoms with Gasteiger partial charge in [0, 0.05) is 12.0 Å². The number of nitrogens with zero attached hydrogens (tertiary/aromatic N) is 1. The Hall–Kier alpha value is -1.59. The molecule has 0 aliphatic rings. The van der Waals surface area contributed by atoms with E-state index in [0.29, 0.717) is 5.92 Å². The van der Waals surface area contributed by atoms with Crippen LogP contribution in [-0.4, -0.2) is 31.6 Å². The summed E-state index contributed by atoms with van der Waals surface area (Å²) in [6.07, 6.45) is 3.74. The van der Waals surface area contributed by atoms with Crippen molar-refractivity contribution >= 4 is 29.8 Å². The Bertz CT molecular complexity index is 511. The number of hydrogen-bond donors (Lipinski definition) is 2. The maximum Gasteiger partial charge on any atom is 0.207 e. The van der Waals surface area contributed by atoms with Gasteiger partial charge >= 0.3 is 0 Å². The van der Waals surface area contributed by atoms with Crippen molar-refractivity contribution in [1.82, 2.24) is 5.32 Å². The number of nitrogens with one attached hydrogen (secondary N) is 1.